The van der Waals surface area contributed by atoms with Crippen LogP contribution in [0, 0.1) is 27.7 Å². The predicted molar refractivity (Wildman–Crippen MR) is 576 cm³/mol. The third-order valence-electron chi connectivity index (χ3n) is 29.1. The average molecular weight is 2070 g/mol. The summed E-state index contributed by atoms with van der Waals surface area (Å²) in [6.07, 6.45) is 12.5. The van der Waals surface area contributed by atoms with E-state index in [1.807, 2.05) is 161 Å². The van der Waals surface area contributed by atoms with Gasteiger partial charge < -0.3 is 43.2 Å². The van der Waals surface area contributed by atoms with E-state index in [0.29, 0.717) is 117 Å². The fraction of sp³-hybridized carbons (Fsp3) is 0.360. The lowest BCUT2D eigenvalue weighted by atomic mass is 9.91. The summed E-state index contributed by atoms with van der Waals surface area (Å²) in [6.45, 7) is 14.8. The lowest BCUT2D eigenvalue weighted by Crippen LogP contribution is -2.18. The highest BCUT2D eigenvalue weighted by Gasteiger charge is 2.35. The van der Waals surface area contributed by atoms with Gasteiger partial charge in [-0.05, 0) is 255 Å². The van der Waals surface area contributed by atoms with E-state index in [9.17, 15) is 29.7 Å². The molecule has 0 radical (unpaired) electrons. The summed E-state index contributed by atoms with van der Waals surface area (Å²) in [5, 5.41) is 70.2. The van der Waals surface area contributed by atoms with Gasteiger partial charge >= 0.3 is 17.9 Å². The van der Waals surface area contributed by atoms with Gasteiger partial charge in [-0.2, -0.15) is 30.6 Å². The first-order valence-corrected chi connectivity index (χ1v) is 54.8. The van der Waals surface area contributed by atoms with Crippen molar-refractivity contribution in [3.63, 3.8) is 0 Å². The fourth-order valence-corrected chi connectivity index (χ4v) is 27.0. The highest BCUT2D eigenvalue weighted by atomic mass is 35.5. The SMILES string of the molecule is Cc1c(C(=O)O)n2c3ccc(Cl)c(c13)-c1c(nn(C)c1C)CN(C)Cc1cc(n(C)n1)CSc1cc3c(c(c1)OCCC2)CCCC3.Cc1c(C(=O)O)n2c3ccc(Cl)c(c13)-c1c(nn3c1CCCC3)CN(C)Cc1cc(n(C)n1)CSc1cc(c3ccccc3c1)OCCC2.Cc1c(C(=O)O)n2c3ccc(Cl)c(c13)-c1c(nn3c1CCCC3)CSCc1cc(n(C)n1)CSc1cc(c3ccccc3c1)OCCC2. The van der Waals surface area contributed by atoms with Crippen LogP contribution in [0.3, 0.4) is 0 Å². The molecule has 144 heavy (non-hydrogen) atoms. The van der Waals surface area contributed by atoms with Crippen molar-refractivity contribution in [3.8, 4) is 50.6 Å². The molecule has 0 amide bonds. The van der Waals surface area contributed by atoms with Crippen molar-refractivity contribution in [2.45, 2.75) is 214 Å². The Morgan fingerprint density at radius 2 is 0.757 bits per heavy atom. The lowest BCUT2D eigenvalue weighted by Gasteiger charge is -2.21. The van der Waals surface area contributed by atoms with E-state index in [0.717, 1.165) is 259 Å². The summed E-state index contributed by atoms with van der Waals surface area (Å²) in [4.78, 5) is 46.4. The molecule has 0 saturated carbocycles. The summed E-state index contributed by atoms with van der Waals surface area (Å²) >= 11 is 28.4. The zero-order valence-corrected chi connectivity index (χ0v) is 88.2. The molecular weight excluding hydrogens is 1950 g/mol. The number of thioether (sulfide) groups is 4. The first-order valence-electron chi connectivity index (χ1n) is 49.6. The molecule has 24 bridgehead atoms. The summed E-state index contributed by atoms with van der Waals surface area (Å²) in [6, 6.07) is 48.0. The van der Waals surface area contributed by atoms with Crippen LogP contribution in [0.2, 0.25) is 15.1 Å². The number of hydrogen-bond donors (Lipinski definition) is 3. The molecule has 3 N–H and O–H groups in total. The zero-order valence-electron chi connectivity index (χ0n) is 82.7. The lowest BCUT2D eigenvalue weighted by molar-refractivity contribution is 0.0673. The molecule has 14 heterocycles. The summed E-state index contributed by atoms with van der Waals surface area (Å²) in [5.41, 5.74) is 26.7. The van der Waals surface area contributed by atoms with Crippen LogP contribution in [0.25, 0.3) is 87.6 Å². The number of rotatable bonds is 3. The van der Waals surface area contributed by atoms with E-state index in [2.05, 4.69) is 112 Å². The first kappa shape index (κ1) is 98.2. The molecule has 0 unspecified atom stereocenters. The largest absolute Gasteiger partial charge is 0.493 e. The molecule has 744 valence electrons. The first-order chi connectivity index (χ1) is 69.7. The number of aromatic nitrogens is 15. The number of carboxylic acid groups (broad SMARTS) is 3. The number of carboxylic acids is 3. The smallest absolute Gasteiger partial charge is 0.352 e. The molecular formula is C111H116Cl3N17O9S4. The van der Waals surface area contributed by atoms with Crippen LogP contribution in [0.15, 0.2) is 154 Å². The van der Waals surface area contributed by atoms with Crippen LogP contribution < -0.4 is 14.2 Å². The Morgan fingerprint density at radius 3 is 1.23 bits per heavy atom. The highest BCUT2D eigenvalue weighted by Crippen LogP contribution is 2.50. The van der Waals surface area contributed by atoms with Crippen molar-refractivity contribution < 1.29 is 43.9 Å². The van der Waals surface area contributed by atoms with Crippen LogP contribution in [0.5, 0.6) is 17.2 Å². The molecule has 0 fully saturated rings. The molecule has 0 atom stereocenters. The minimum atomic E-state index is -0.951. The molecule has 17 aromatic rings. The Morgan fingerprint density at radius 1 is 0.361 bits per heavy atom. The van der Waals surface area contributed by atoms with Gasteiger partial charge in [-0.25, -0.2) is 14.4 Å². The quantitative estimate of drug-likeness (QED) is 0.148. The summed E-state index contributed by atoms with van der Waals surface area (Å²) in [7, 11) is 12.2. The number of benzene rings is 8. The molecule has 9 aromatic heterocycles. The van der Waals surface area contributed by atoms with Gasteiger partial charge in [0.1, 0.15) is 34.3 Å². The van der Waals surface area contributed by atoms with Crippen LogP contribution >= 0.6 is 81.9 Å². The third kappa shape index (κ3) is 19.2. The number of carbonyl (C=O) groups is 3. The highest BCUT2D eigenvalue weighted by molar-refractivity contribution is 7.99. The number of ether oxygens (including phenoxy) is 3. The molecule has 1 aliphatic carbocycles. The van der Waals surface area contributed by atoms with Crippen LogP contribution in [0.4, 0.5) is 0 Å². The molecule has 23 rings (SSSR count). The maximum Gasteiger partial charge on any atom is 0.352 e. The van der Waals surface area contributed by atoms with Gasteiger partial charge in [0.2, 0.25) is 0 Å². The number of aromatic carboxylic acids is 3. The minimum absolute atomic E-state index is 0.285. The Hall–Kier alpha value is -11.8. The molecule has 8 aromatic carbocycles. The number of hydrogen-bond acceptors (Lipinski definition) is 18. The number of fused-ring (bicyclic) bond motifs is 28. The van der Waals surface area contributed by atoms with E-state index >= 15 is 0 Å². The van der Waals surface area contributed by atoms with Gasteiger partial charge in [0.05, 0.1) is 54.0 Å². The molecule has 5 aliphatic heterocycles. The van der Waals surface area contributed by atoms with Gasteiger partial charge in [-0.3, -0.25) is 37.9 Å². The number of nitrogens with zero attached hydrogens (tertiary/aromatic N) is 17. The predicted octanol–water partition coefficient (Wildman–Crippen LogP) is 24.3. The van der Waals surface area contributed by atoms with Crippen molar-refractivity contribution >= 4 is 154 Å². The Bertz CT molecular complexity index is 7950. The molecule has 33 heteroatoms. The molecule has 6 aliphatic rings. The Labute approximate surface area is 867 Å². The van der Waals surface area contributed by atoms with Gasteiger partial charge in [0.25, 0.3) is 0 Å². The minimum Gasteiger partial charge on any atom is -0.493 e. The molecule has 0 saturated heterocycles. The Balaban J connectivity index is 0.000000127. The maximum absolute atomic E-state index is 12.9. The summed E-state index contributed by atoms with van der Waals surface area (Å²) < 4.78 is 37.4. The molecule has 26 nitrogen and oxygen atoms in total. The average Bonchev–Trinajstić information content (AvgIpc) is 1.43. The summed E-state index contributed by atoms with van der Waals surface area (Å²) in [5.74, 6) is 3.61. The van der Waals surface area contributed by atoms with Crippen molar-refractivity contribution in [2.24, 2.45) is 28.2 Å². The van der Waals surface area contributed by atoms with E-state index < -0.39 is 17.9 Å². The monoisotopic (exact) mass is 2060 g/mol. The van der Waals surface area contributed by atoms with Crippen LogP contribution in [-0.4, -0.2) is 149 Å². The third-order valence-corrected chi connectivity index (χ3v) is 34.1. The fourth-order valence-electron chi connectivity index (χ4n) is 22.5. The van der Waals surface area contributed by atoms with Gasteiger partial charge in [0.15, 0.2) is 0 Å². The standard InChI is InChI=1S/C38H39ClN6O3S.C37H36ClN5O3S2.C36H41ClN6O3S/c1-23-34-31-13-12-29(39)35(34)36-30(41-45-15-7-6-11-32(36)45)21-42(2)20-25-18-26(43(3)40-25)22-49-27-17-24-9-4-5-10-28(24)33(19-27)48-16-8-14-44(31)37(23)38(46)47;1-22-33-30-12-11-28(38)34(33)35-29(40-43-14-6-5-10-31(35)43)21-47-19-24-17-25(41(2)39-24)20-48-26-16-23-8-3-4-9-27(23)32(18-26)46-15-7-13-42(30)36(22)37(44)45;1-21-32-30-12-11-28(37)34(32)33-22(2)41(4)39-29(33)19-40(3)18-24-16-25(42(5)38-24)20-47-26-15-23-9-6-7-10-27(23)31(17-26)46-14-8-13-43(30)35(21)36(44)45/h4-5,9-10,12-13,17-19H,6-8,11,14-16,20-22H2,1-3H3,(H,46,47);3-4,8-9,11-12,16-18H,5-7,10,13-15,19-21H2,1-2H3,(H,44,45);11-12,15-17H,6-10,13-14,18-20H2,1-5H3,(H,44,45). The second-order valence-corrected chi connectivity index (χ2v) is 44.1. The van der Waals surface area contributed by atoms with Gasteiger partial charge in [-0.1, -0.05) is 83.3 Å². The second-order valence-electron chi connectivity index (χ2n) is 38.8. The van der Waals surface area contributed by atoms with E-state index in [4.69, 9.17) is 79.6 Å². The van der Waals surface area contributed by atoms with Crippen molar-refractivity contribution in [3.05, 3.63) is 268 Å². The Kier molecular flexibility index (Phi) is 28.4. The number of aryl methyl sites for hydroxylation is 13. The van der Waals surface area contributed by atoms with Crippen LogP contribution in [0.1, 0.15) is 185 Å². The van der Waals surface area contributed by atoms with E-state index in [1.165, 1.54) is 51.6 Å². The zero-order chi connectivity index (χ0) is 99.7. The van der Waals surface area contributed by atoms with Crippen molar-refractivity contribution in [2.75, 3.05) is 33.9 Å². The maximum atomic E-state index is 12.9. The van der Waals surface area contributed by atoms with Crippen molar-refractivity contribution in [1.29, 1.82) is 0 Å². The topological polar surface area (TPSA) is 268 Å². The van der Waals surface area contributed by atoms with E-state index in [1.54, 1.807) is 35.3 Å². The normalized spacial score (nSPS) is 15.8. The molecule has 0 spiro atoms. The van der Waals surface area contributed by atoms with Crippen molar-refractivity contribution in [1.82, 2.24) is 82.2 Å². The van der Waals surface area contributed by atoms with Gasteiger partial charge in [0, 0.05) is 257 Å². The van der Waals surface area contributed by atoms with E-state index in [-0.39, 0.29) is 11.4 Å². The van der Waals surface area contributed by atoms with Gasteiger partial charge in [-0.15, -0.1) is 47.0 Å². The second kappa shape index (κ2) is 41.6. The number of halogens is 3. The van der Waals surface area contributed by atoms with Crippen LogP contribution in [-0.2, 0) is 142 Å².